The molecule has 3 aliphatic rings. The van der Waals surface area contributed by atoms with Gasteiger partial charge in [-0.25, -0.2) is 0 Å². The molecule has 0 saturated carbocycles. The van der Waals surface area contributed by atoms with Crippen LogP contribution in [0, 0.1) is 0 Å². The van der Waals surface area contributed by atoms with Crippen molar-refractivity contribution in [3.63, 3.8) is 0 Å². The van der Waals surface area contributed by atoms with Crippen LogP contribution in [0.4, 0.5) is 5.69 Å². The second-order valence-corrected chi connectivity index (χ2v) is 6.71. The number of aryl methyl sites for hydroxylation is 1. The Hall–Kier alpha value is -1.43. The van der Waals surface area contributed by atoms with Crippen molar-refractivity contribution < 1.29 is 14.3 Å². The molecule has 0 aliphatic carbocycles. The summed E-state index contributed by atoms with van der Waals surface area (Å²) < 4.78 is 11.5. The van der Waals surface area contributed by atoms with Crippen molar-refractivity contribution in [2.45, 2.75) is 31.5 Å². The molecule has 1 spiro atoms. The van der Waals surface area contributed by atoms with E-state index in [1.54, 1.807) is 0 Å². The molecule has 2 saturated heterocycles. The van der Waals surface area contributed by atoms with Gasteiger partial charge in [0.25, 0.3) is 0 Å². The van der Waals surface area contributed by atoms with Crippen LogP contribution in [0.25, 0.3) is 0 Å². The summed E-state index contributed by atoms with van der Waals surface area (Å²) in [6.45, 7) is 4.63. The minimum Gasteiger partial charge on any atom is -0.385 e. The van der Waals surface area contributed by atoms with Gasteiger partial charge in [0.1, 0.15) is 0 Å². The van der Waals surface area contributed by atoms with Crippen LogP contribution < -0.4 is 5.32 Å². The summed E-state index contributed by atoms with van der Waals surface area (Å²) in [6, 6.07) is 6.07. The van der Waals surface area contributed by atoms with Crippen LogP contribution in [0.1, 0.15) is 35.2 Å². The Balaban J connectivity index is 1.37. The highest BCUT2D eigenvalue weighted by Crippen LogP contribution is 2.31. The number of carbonyl (C=O) groups is 1. The maximum Gasteiger partial charge on any atom is 0.176 e. The fourth-order valence-electron chi connectivity index (χ4n) is 3.78. The van der Waals surface area contributed by atoms with Gasteiger partial charge in [0.15, 0.2) is 11.6 Å². The number of nitrogens with one attached hydrogen (secondary N) is 1. The van der Waals surface area contributed by atoms with E-state index in [-0.39, 0.29) is 11.6 Å². The molecule has 0 atom stereocenters. The third-order valence-electron chi connectivity index (χ3n) is 5.16. The molecule has 4 rings (SSSR count). The van der Waals surface area contributed by atoms with Crippen LogP contribution in [0.5, 0.6) is 0 Å². The highest BCUT2D eigenvalue weighted by atomic mass is 16.7. The number of piperidine rings is 1. The Morgan fingerprint density at radius 2 is 2.00 bits per heavy atom. The number of nitrogens with zero attached hydrogens (tertiary/aromatic N) is 1. The van der Waals surface area contributed by atoms with E-state index < -0.39 is 0 Å². The monoisotopic (exact) mass is 316 g/mol. The molecule has 1 aromatic rings. The summed E-state index contributed by atoms with van der Waals surface area (Å²) >= 11 is 0. The Morgan fingerprint density at radius 3 is 2.78 bits per heavy atom. The van der Waals surface area contributed by atoms with Crippen molar-refractivity contribution in [1.29, 1.82) is 0 Å². The molecule has 0 amide bonds. The Bertz CT molecular complexity index is 586. The first-order valence-electron chi connectivity index (χ1n) is 8.64. The van der Waals surface area contributed by atoms with Crippen LogP contribution >= 0.6 is 0 Å². The maximum atomic E-state index is 12.6. The normalized spacial score (nSPS) is 23.5. The number of likely N-dealkylation sites (tertiary alicyclic amines) is 1. The number of hydrogen-bond acceptors (Lipinski definition) is 5. The molecule has 124 valence electrons. The predicted molar refractivity (Wildman–Crippen MR) is 87.9 cm³/mol. The number of fused-ring (bicyclic) bond motifs is 1. The lowest BCUT2D eigenvalue weighted by Gasteiger charge is -2.37. The number of ketones is 1. The van der Waals surface area contributed by atoms with Gasteiger partial charge in [0.2, 0.25) is 0 Å². The first-order chi connectivity index (χ1) is 11.2. The quantitative estimate of drug-likeness (QED) is 0.865. The zero-order valence-electron chi connectivity index (χ0n) is 13.5. The zero-order chi connectivity index (χ0) is 15.7. The van der Waals surface area contributed by atoms with Crippen molar-refractivity contribution >= 4 is 11.5 Å². The second-order valence-electron chi connectivity index (χ2n) is 6.71. The summed E-state index contributed by atoms with van der Waals surface area (Å²) in [5, 5.41) is 3.39. The van der Waals surface area contributed by atoms with Crippen molar-refractivity contribution in [1.82, 2.24) is 4.90 Å². The predicted octanol–water partition coefficient (Wildman–Crippen LogP) is 2.07. The van der Waals surface area contributed by atoms with Crippen LogP contribution in [0.2, 0.25) is 0 Å². The molecular formula is C18H24N2O3. The summed E-state index contributed by atoms with van der Waals surface area (Å²) in [5.41, 5.74) is 3.29. The second kappa shape index (κ2) is 6.23. The largest absolute Gasteiger partial charge is 0.385 e. The fourth-order valence-corrected chi connectivity index (χ4v) is 3.78. The van der Waals surface area contributed by atoms with Crippen molar-refractivity contribution in [2.75, 3.05) is 44.7 Å². The summed E-state index contributed by atoms with van der Waals surface area (Å²) in [4.78, 5) is 14.8. The summed E-state index contributed by atoms with van der Waals surface area (Å²) in [7, 11) is 0. The first kappa shape index (κ1) is 15.1. The van der Waals surface area contributed by atoms with Crippen LogP contribution in [-0.4, -0.2) is 55.9 Å². The van der Waals surface area contributed by atoms with Crippen molar-refractivity contribution in [3.8, 4) is 0 Å². The molecule has 3 aliphatic heterocycles. The molecular weight excluding hydrogens is 292 g/mol. The lowest BCUT2D eigenvalue weighted by Crippen LogP contribution is -2.46. The van der Waals surface area contributed by atoms with Gasteiger partial charge in [-0.1, -0.05) is 0 Å². The van der Waals surface area contributed by atoms with Gasteiger partial charge >= 0.3 is 0 Å². The topological polar surface area (TPSA) is 50.8 Å². The van der Waals surface area contributed by atoms with Crippen LogP contribution in [0.15, 0.2) is 18.2 Å². The molecule has 5 heteroatoms. The minimum atomic E-state index is -0.364. The number of benzene rings is 1. The van der Waals surface area contributed by atoms with Crippen molar-refractivity contribution in [2.24, 2.45) is 0 Å². The number of rotatable bonds is 3. The van der Waals surface area contributed by atoms with E-state index >= 15 is 0 Å². The van der Waals surface area contributed by atoms with E-state index in [1.807, 2.05) is 12.1 Å². The molecule has 1 aromatic carbocycles. The molecule has 2 fully saturated rings. The van der Waals surface area contributed by atoms with Gasteiger partial charge in [-0.15, -0.1) is 0 Å². The lowest BCUT2D eigenvalue weighted by molar-refractivity contribution is -0.184. The van der Waals surface area contributed by atoms with Gasteiger partial charge in [-0.2, -0.15) is 0 Å². The van der Waals surface area contributed by atoms with Gasteiger partial charge in [0.05, 0.1) is 19.8 Å². The van der Waals surface area contributed by atoms with E-state index in [4.69, 9.17) is 9.47 Å². The number of hydrogen-bond donors (Lipinski definition) is 1. The van der Waals surface area contributed by atoms with Crippen LogP contribution in [0.3, 0.4) is 0 Å². The smallest absolute Gasteiger partial charge is 0.176 e. The molecule has 1 N–H and O–H groups in total. The maximum absolute atomic E-state index is 12.6. The van der Waals surface area contributed by atoms with E-state index in [9.17, 15) is 4.79 Å². The van der Waals surface area contributed by atoms with Gasteiger partial charge in [0, 0.05) is 43.7 Å². The molecule has 0 bridgehead atoms. The third kappa shape index (κ3) is 3.13. The Kier molecular flexibility index (Phi) is 4.09. The van der Waals surface area contributed by atoms with E-state index in [0.29, 0.717) is 19.8 Å². The van der Waals surface area contributed by atoms with E-state index in [0.717, 1.165) is 50.9 Å². The van der Waals surface area contributed by atoms with Crippen molar-refractivity contribution in [3.05, 3.63) is 29.3 Å². The molecule has 0 radical (unpaired) electrons. The van der Waals surface area contributed by atoms with Gasteiger partial charge in [-0.05, 0) is 36.6 Å². The number of anilines is 1. The first-order valence-corrected chi connectivity index (χ1v) is 8.64. The van der Waals surface area contributed by atoms with Gasteiger partial charge < -0.3 is 14.8 Å². The summed E-state index contributed by atoms with van der Waals surface area (Å²) in [5.74, 6) is -0.153. The lowest BCUT2D eigenvalue weighted by atomic mass is 9.98. The van der Waals surface area contributed by atoms with E-state index in [2.05, 4.69) is 16.3 Å². The average Bonchev–Trinajstić information content (AvgIpc) is 3.05. The fraction of sp³-hybridized carbons (Fsp3) is 0.611. The highest BCUT2D eigenvalue weighted by molar-refractivity contribution is 5.98. The Labute approximate surface area is 136 Å². The molecule has 0 aromatic heterocycles. The third-order valence-corrected chi connectivity index (χ3v) is 5.16. The number of ether oxygens (including phenoxy) is 2. The van der Waals surface area contributed by atoms with Crippen LogP contribution in [-0.2, 0) is 15.9 Å². The van der Waals surface area contributed by atoms with E-state index in [1.165, 1.54) is 11.3 Å². The average molecular weight is 316 g/mol. The SMILES string of the molecule is O=C(CN1CCC2(CC1)OCCO2)c1ccc2c(c1)CCCN2. The number of Topliss-reactive ketones (excluding diaryl/α,β-unsaturated/α-hetero) is 1. The highest BCUT2D eigenvalue weighted by Gasteiger charge is 2.39. The molecule has 5 nitrogen and oxygen atoms in total. The summed E-state index contributed by atoms with van der Waals surface area (Å²) in [6.07, 6.45) is 3.91. The Morgan fingerprint density at radius 1 is 1.22 bits per heavy atom. The molecule has 0 unspecified atom stereocenters. The zero-order valence-corrected chi connectivity index (χ0v) is 13.5. The number of carbonyl (C=O) groups excluding carboxylic acids is 1. The molecule has 3 heterocycles. The van der Waals surface area contributed by atoms with Gasteiger partial charge in [-0.3, -0.25) is 9.69 Å². The standard InChI is InChI=1S/C18H24N2O3/c21-17(15-3-4-16-14(12-15)2-1-7-19-16)13-20-8-5-18(6-9-20)22-10-11-23-18/h3-4,12,19H,1-2,5-11,13H2. The molecule has 23 heavy (non-hydrogen) atoms. The minimum absolute atomic E-state index is 0.211.